The average molecular weight is 566 g/mol. The van der Waals surface area contributed by atoms with E-state index in [-0.39, 0.29) is 6.79 Å². The lowest BCUT2D eigenvalue weighted by molar-refractivity contribution is -0.155. The lowest BCUT2D eigenvalue weighted by Gasteiger charge is -2.26. The van der Waals surface area contributed by atoms with Crippen LogP contribution in [0, 0.1) is 0 Å². The van der Waals surface area contributed by atoms with Crippen LogP contribution in [0.5, 0.6) is 11.5 Å². The second-order valence-electron chi connectivity index (χ2n) is 10.3. The minimum absolute atomic E-state index is 0.288. The molecular weight excluding hydrogens is 530 g/mol. The molecule has 0 bridgehead atoms. The molecule has 6 rings (SSSR count). The van der Waals surface area contributed by atoms with E-state index in [4.69, 9.17) is 14.5 Å². The zero-order valence-corrected chi connectivity index (χ0v) is 23.4. The van der Waals surface area contributed by atoms with Gasteiger partial charge in [-0.2, -0.15) is 0 Å². The number of benzene rings is 3. The number of nitrogens with zero attached hydrogens (tertiary/aromatic N) is 3. The Bertz CT molecular complexity index is 1430. The molecule has 3 aromatic carbocycles. The number of rotatable bonds is 8. The van der Waals surface area contributed by atoms with Crippen LogP contribution in [-0.2, 0) is 16.8 Å². The van der Waals surface area contributed by atoms with E-state index < -0.39 is 11.6 Å². The van der Waals surface area contributed by atoms with E-state index in [1.807, 2.05) is 30.6 Å². The Morgan fingerprint density at radius 3 is 2.14 bits per heavy atom. The van der Waals surface area contributed by atoms with E-state index in [0.717, 1.165) is 35.7 Å². The third-order valence-corrected chi connectivity index (χ3v) is 7.45. The van der Waals surface area contributed by atoms with Gasteiger partial charge < -0.3 is 24.6 Å². The summed E-state index contributed by atoms with van der Waals surface area (Å²) in [5.74, 6) is 0.323. The van der Waals surface area contributed by atoms with Crippen molar-refractivity contribution in [2.75, 3.05) is 26.4 Å². The Hall–Kier alpha value is -4.53. The number of hydrogen-bond acceptors (Lipinski definition) is 7. The Balaban J connectivity index is 0.000000181. The molecule has 0 atom stereocenters. The molecular formula is C34H35N3O5. The molecule has 0 spiro atoms. The highest BCUT2D eigenvalue weighted by molar-refractivity contribution is 5.84. The predicted octanol–water partition coefficient (Wildman–Crippen LogP) is 5.60. The SMILES string of the molecule is C(=Nc1cc2c(cc1CCN1CCCCC1)OCO2)c1cccnc1.O=C(O)C(O)(c1ccccc1)c1ccccc1. The molecule has 8 heteroatoms. The summed E-state index contributed by atoms with van der Waals surface area (Å²) in [4.78, 5) is 22.7. The molecule has 8 nitrogen and oxygen atoms in total. The van der Waals surface area contributed by atoms with E-state index in [9.17, 15) is 15.0 Å². The van der Waals surface area contributed by atoms with Gasteiger partial charge >= 0.3 is 5.97 Å². The zero-order chi connectivity index (χ0) is 29.2. The summed E-state index contributed by atoms with van der Waals surface area (Å²) in [5, 5.41) is 19.7. The van der Waals surface area contributed by atoms with Crippen molar-refractivity contribution in [1.29, 1.82) is 0 Å². The van der Waals surface area contributed by atoms with Crippen LogP contribution in [0.15, 0.2) is 102 Å². The molecule has 0 amide bonds. The van der Waals surface area contributed by atoms with Gasteiger partial charge in [0.15, 0.2) is 11.5 Å². The number of hydrogen-bond donors (Lipinski definition) is 2. The van der Waals surface area contributed by atoms with Gasteiger partial charge in [-0.05, 0) is 61.2 Å². The van der Waals surface area contributed by atoms with Crippen LogP contribution in [0.4, 0.5) is 5.69 Å². The van der Waals surface area contributed by atoms with Gasteiger partial charge in [-0.15, -0.1) is 0 Å². The average Bonchev–Trinajstić information content (AvgIpc) is 3.51. The maximum Gasteiger partial charge on any atom is 0.345 e. The van der Waals surface area contributed by atoms with Crippen LogP contribution in [0.1, 0.15) is 41.5 Å². The summed E-state index contributed by atoms with van der Waals surface area (Å²) in [6.07, 6.45) is 10.4. The topological polar surface area (TPSA) is 104 Å². The second kappa shape index (κ2) is 13.9. The number of aliphatic imine (C=N–C) groups is 1. The van der Waals surface area contributed by atoms with Gasteiger partial charge in [-0.3, -0.25) is 9.98 Å². The van der Waals surface area contributed by atoms with Gasteiger partial charge in [0.05, 0.1) is 5.69 Å². The molecule has 1 aromatic heterocycles. The van der Waals surface area contributed by atoms with Gasteiger partial charge in [-0.1, -0.05) is 73.2 Å². The van der Waals surface area contributed by atoms with Gasteiger partial charge in [0.1, 0.15) is 0 Å². The zero-order valence-electron chi connectivity index (χ0n) is 23.4. The molecule has 2 aliphatic heterocycles. The number of fused-ring (bicyclic) bond motifs is 1. The molecule has 3 heterocycles. The summed E-state index contributed by atoms with van der Waals surface area (Å²) < 4.78 is 11.1. The number of carboxylic acids is 1. The summed E-state index contributed by atoms with van der Waals surface area (Å²) in [6, 6.07) is 24.7. The van der Waals surface area contributed by atoms with Crippen molar-refractivity contribution in [2.45, 2.75) is 31.3 Å². The van der Waals surface area contributed by atoms with E-state index in [2.05, 4.69) is 16.0 Å². The number of pyridine rings is 1. The standard InChI is InChI=1S/C20H23N3O2.C14H12O3/c1-2-8-23(9-3-1)10-6-17-11-19-20(25-15-24-19)12-18(17)22-14-16-5-4-7-21-13-16;15-13(16)14(17,11-7-3-1-4-8-11)12-9-5-2-6-10-12/h4-5,7,11-14H,1-3,6,8-10,15H2;1-10,17H,(H,15,16). The number of likely N-dealkylation sites (tertiary alicyclic amines) is 1. The summed E-state index contributed by atoms with van der Waals surface area (Å²) >= 11 is 0. The number of aliphatic carboxylic acids is 1. The summed E-state index contributed by atoms with van der Waals surface area (Å²) in [6.45, 7) is 3.77. The van der Waals surface area contributed by atoms with Crippen LogP contribution in [0.25, 0.3) is 0 Å². The van der Waals surface area contributed by atoms with Crippen LogP contribution in [-0.4, -0.2) is 58.7 Å². The second-order valence-corrected chi connectivity index (χ2v) is 10.3. The molecule has 4 aromatic rings. The molecule has 2 aliphatic rings. The van der Waals surface area contributed by atoms with Crippen molar-refractivity contribution < 1.29 is 24.5 Å². The normalized spacial score (nSPS) is 14.8. The highest BCUT2D eigenvalue weighted by Gasteiger charge is 2.39. The van der Waals surface area contributed by atoms with Gasteiger partial charge in [0, 0.05) is 36.8 Å². The lowest BCUT2D eigenvalue weighted by Crippen LogP contribution is -2.36. The third-order valence-electron chi connectivity index (χ3n) is 7.45. The maximum absolute atomic E-state index is 11.4. The van der Waals surface area contributed by atoms with E-state index in [1.54, 1.807) is 66.9 Å². The molecule has 2 N–H and O–H groups in total. The van der Waals surface area contributed by atoms with Crippen molar-refractivity contribution in [1.82, 2.24) is 9.88 Å². The first kappa shape index (κ1) is 29.0. The number of ether oxygens (including phenoxy) is 2. The van der Waals surface area contributed by atoms with Crippen LogP contribution >= 0.6 is 0 Å². The molecule has 216 valence electrons. The van der Waals surface area contributed by atoms with Crippen molar-refractivity contribution in [3.63, 3.8) is 0 Å². The molecule has 42 heavy (non-hydrogen) atoms. The van der Waals surface area contributed by atoms with Crippen molar-refractivity contribution in [2.24, 2.45) is 4.99 Å². The van der Waals surface area contributed by atoms with Crippen molar-refractivity contribution in [3.8, 4) is 11.5 Å². The van der Waals surface area contributed by atoms with E-state index >= 15 is 0 Å². The van der Waals surface area contributed by atoms with Gasteiger partial charge in [-0.25, -0.2) is 4.79 Å². The molecule has 0 unspecified atom stereocenters. The molecule has 0 aliphatic carbocycles. The summed E-state index contributed by atoms with van der Waals surface area (Å²) in [7, 11) is 0. The first-order valence-corrected chi connectivity index (χ1v) is 14.2. The van der Waals surface area contributed by atoms with Crippen LogP contribution < -0.4 is 9.47 Å². The number of carboxylic acid groups (broad SMARTS) is 1. The highest BCUT2D eigenvalue weighted by Crippen LogP contribution is 2.38. The van der Waals surface area contributed by atoms with Crippen LogP contribution in [0.3, 0.4) is 0 Å². The fraction of sp³-hybridized carbons (Fsp3) is 0.265. The molecule has 1 fully saturated rings. The van der Waals surface area contributed by atoms with E-state index in [1.165, 1.54) is 37.9 Å². The number of carbonyl (C=O) groups is 1. The van der Waals surface area contributed by atoms with Crippen molar-refractivity contribution in [3.05, 3.63) is 120 Å². The number of piperidine rings is 1. The Labute approximate surface area is 245 Å². The Morgan fingerprint density at radius 2 is 1.55 bits per heavy atom. The minimum atomic E-state index is -2.00. The Kier molecular flexibility index (Phi) is 9.59. The minimum Gasteiger partial charge on any atom is -0.479 e. The van der Waals surface area contributed by atoms with Crippen LogP contribution in [0.2, 0.25) is 0 Å². The number of aliphatic hydroxyl groups is 1. The monoisotopic (exact) mass is 565 g/mol. The lowest BCUT2D eigenvalue weighted by atomic mass is 9.86. The fourth-order valence-corrected chi connectivity index (χ4v) is 5.12. The Morgan fingerprint density at radius 1 is 0.905 bits per heavy atom. The maximum atomic E-state index is 11.4. The third kappa shape index (κ3) is 7.02. The smallest absolute Gasteiger partial charge is 0.345 e. The first-order chi connectivity index (χ1) is 20.5. The highest BCUT2D eigenvalue weighted by atomic mass is 16.7. The number of aromatic nitrogens is 1. The molecule has 0 radical (unpaired) electrons. The van der Waals surface area contributed by atoms with E-state index in [0.29, 0.717) is 11.1 Å². The molecule has 0 saturated carbocycles. The predicted molar refractivity (Wildman–Crippen MR) is 162 cm³/mol. The van der Waals surface area contributed by atoms with Gasteiger partial charge in [0.2, 0.25) is 12.4 Å². The summed E-state index contributed by atoms with van der Waals surface area (Å²) in [5.41, 5.74) is 1.84. The first-order valence-electron chi connectivity index (χ1n) is 14.2. The molecule has 1 saturated heterocycles. The van der Waals surface area contributed by atoms with Crippen molar-refractivity contribution >= 4 is 17.9 Å². The fourth-order valence-electron chi connectivity index (χ4n) is 5.12. The quantitative estimate of drug-likeness (QED) is 0.268. The largest absolute Gasteiger partial charge is 0.479 e. The van der Waals surface area contributed by atoms with Gasteiger partial charge in [0.25, 0.3) is 0 Å².